The smallest absolute Gasteiger partial charge is 0.191 e. The lowest BCUT2D eigenvalue weighted by molar-refractivity contribution is 0.0322. The van der Waals surface area contributed by atoms with Gasteiger partial charge in [0.1, 0.15) is 12.4 Å². The molecule has 1 aliphatic heterocycles. The van der Waals surface area contributed by atoms with Gasteiger partial charge in [0.15, 0.2) is 5.96 Å². The average molecular weight is 358 g/mol. The first-order chi connectivity index (χ1) is 12.8. The predicted molar refractivity (Wildman–Crippen MR) is 105 cm³/mol. The van der Waals surface area contributed by atoms with Crippen LogP contribution in [0.2, 0.25) is 0 Å². The second-order valence-corrected chi connectivity index (χ2v) is 6.62. The summed E-state index contributed by atoms with van der Waals surface area (Å²) in [6.07, 6.45) is 6.54. The highest BCUT2D eigenvalue weighted by molar-refractivity contribution is 5.80. The minimum absolute atomic E-state index is 0.446. The second-order valence-electron chi connectivity index (χ2n) is 6.62. The molecule has 0 aromatic heterocycles. The molecule has 0 bridgehead atoms. The maximum atomic E-state index is 6.05. The van der Waals surface area contributed by atoms with Crippen LogP contribution in [0.4, 0.5) is 0 Å². The second kappa shape index (κ2) is 10.2. The molecular formula is C20H30N4O2. The number of rotatable bonds is 7. The van der Waals surface area contributed by atoms with Crippen molar-refractivity contribution in [3.63, 3.8) is 0 Å². The van der Waals surface area contributed by atoms with Crippen molar-refractivity contribution < 1.29 is 9.47 Å². The standard InChI is InChI=1S/C20H30N4O2/c1-21-20(23-18-7-3-4-8-18)22-16-17-6-2-5-9-19(17)26-15-12-24-10-13-25-14-11-24/h2-6,9,18H,7-8,10-16H2,1H3,(H2,21,22,23). The first-order valence-corrected chi connectivity index (χ1v) is 9.48. The number of hydrogen-bond acceptors (Lipinski definition) is 4. The van der Waals surface area contributed by atoms with Gasteiger partial charge in [0.05, 0.1) is 13.2 Å². The molecule has 142 valence electrons. The monoisotopic (exact) mass is 358 g/mol. The summed E-state index contributed by atoms with van der Waals surface area (Å²) in [5.74, 6) is 1.77. The summed E-state index contributed by atoms with van der Waals surface area (Å²) in [7, 11) is 1.81. The van der Waals surface area contributed by atoms with E-state index < -0.39 is 0 Å². The van der Waals surface area contributed by atoms with Crippen LogP contribution in [0, 0.1) is 0 Å². The van der Waals surface area contributed by atoms with Gasteiger partial charge in [-0.15, -0.1) is 0 Å². The molecule has 1 saturated heterocycles. The van der Waals surface area contributed by atoms with Crippen LogP contribution in [0.3, 0.4) is 0 Å². The third kappa shape index (κ3) is 5.75. The van der Waals surface area contributed by atoms with Crippen molar-refractivity contribution in [3.05, 3.63) is 42.0 Å². The van der Waals surface area contributed by atoms with Gasteiger partial charge in [-0.2, -0.15) is 0 Å². The third-order valence-electron chi connectivity index (χ3n) is 4.76. The van der Waals surface area contributed by atoms with Crippen LogP contribution >= 0.6 is 0 Å². The molecule has 0 atom stereocenters. The summed E-state index contributed by atoms with van der Waals surface area (Å²) in [6, 6.07) is 8.64. The summed E-state index contributed by atoms with van der Waals surface area (Å²) in [5, 5.41) is 6.86. The van der Waals surface area contributed by atoms with Crippen LogP contribution < -0.4 is 15.4 Å². The fourth-order valence-electron chi connectivity index (χ4n) is 3.20. The van der Waals surface area contributed by atoms with E-state index in [0.29, 0.717) is 19.2 Å². The predicted octanol–water partition coefficient (Wildman–Crippen LogP) is 1.78. The van der Waals surface area contributed by atoms with Gasteiger partial charge >= 0.3 is 0 Å². The first-order valence-electron chi connectivity index (χ1n) is 9.48. The van der Waals surface area contributed by atoms with E-state index in [1.807, 2.05) is 25.2 Å². The van der Waals surface area contributed by atoms with Crippen LogP contribution in [0.25, 0.3) is 0 Å². The van der Waals surface area contributed by atoms with E-state index in [0.717, 1.165) is 63.0 Å². The minimum atomic E-state index is 0.446. The Morgan fingerprint density at radius 3 is 2.77 bits per heavy atom. The van der Waals surface area contributed by atoms with Crippen molar-refractivity contribution in [1.82, 2.24) is 15.5 Å². The Hall–Kier alpha value is -2.05. The van der Waals surface area contributed by atoms with Crippen molar-refractivity contribution in [3.8, 4) is 5.75 Å². The molecule has 0 amide bonds. The summed E-state index contributed by atoms with van der Waals surface area (Å²) in [6.45, 7) is 5.94. The lowest BCUT2D eigenvalue weighted by Gasteiger charge is -2.26. The molecule has 1 fully saturated rings. The van der Waals surface area contributed by atoms with E-state index in [4.69, 9.17) is 9.47 Å². The van der Waals surface area contributed by atoms with E-state index in [9.17, 15) is 0 Å². The minimum Gasteiger partial charge on any atom is -0.492 e. The quantitative estimate of drug-likeness (QED) is 0.442. The zero-order valence-corrected chi connectivity index (χ0v) is 15.6. The largest absolute Gasteiger partial charge is 0.492 e. The van der Waals surface area contributed by atoms with E-state index in [-0.39, 0.29) is 0 Å². The van der Waals surface area contributed by atoms with Gasteiger partial charge in [0, 0.05) is 44.8 Å². The third-order valence-corrected chi connectivity index (χ3v) is 4.76. The molecule has 1 aliphatic carbocycles. The zero-order chi connectivity index (χ0) is 18.0. The highest BCUT2D eigenvalue weighted by atomic mass is 16.5. The van der Waals surface area contributed by atoms with Gasteiger partial charge in [-0.1, -0.05) is 30.4 Å². The van der Waals surface area contributed by atoms with Crippen LogP contribution in [0.5, 0.6) is 5.75 Å². The van der Waals surface area contributed by atoms with E-state index in [2.05, 4.69) is 38.7 Å². The zero-order valence-electron chi connectivity index (χ0n) is 15.6. The maximum Gasteiger partial charge on any atom is 0.191 e. The molecule has 1 aromatic carbocycles. The van der Waals surface area contributed by atoms with Crippen LogP contribution in [0.1, 0.15) is 18.4 Å². The Kier molecular flexibility index (Phi) is 7.34. The van der Waals surface area contributed by atoms with Gasteiger partial charge in [-0.3, -0.25) is 9.89 Å². The number of nitrogens with one attached hydrogen (secondary N) is 2. The Labute approximate surface area is 156 Å². The first kappa shape index (κ1) is 18.7. The number of benzene rings is 1. The van der Waals surface area contributed by atoms with Crippen LogP contribution in [0.15, 0.2) is 41.4 Å². The van der Waals surface area contributed by atoms with E-state index in [1.54, 1.807) is 0 Å². The lowest BCUT2D eigenvalue weighted by Crippen LogP contribution is -2.42. The van der Waals surface area contributed by atoms with Crippen molar-refractivity contribution >= 4 is 5.96 Å². The number of nitrogens with zero attached hydrogens (tertiary/aromatic N) is 2. The van der Waals surface area contributed by atoms with Gasteiger partial charge < -0.3 is 20.1 Å². The molecule has 0 unspecified atom stereocenters. The molecule has 6 heteroatoms. The Bertz CT molecular complexity index is 604. The number of guanidine groups is 1. The summed E-state index contributed by atoms with van der Waals surface area (Å²) < 4.78 is 11.4. The molecule has 26 heavy (non-hydrogen) atoms. The number of morpholine rings is 1. The Morgan fingerprint density at radius 1 is 1.23 bits per heavy atom. The summed E-state index contributed by atoms with van der Waals surface area (Å²) in [5.41, 5.74) is 1.14. The molecular weight excluding hydrogens is 328 g/mol. The molecule has 1 aromatic rings. The molecule has 0 radical (unpaired) electrons. The fraction of sp³-hybridized carbons (Fsp3) is 0.550. The Balaban J connectivity index is 1.46. The molecule has 1 heterocycles. The fourth-order valence-corrected chi connectivity index (χ4v) is 3.20. The highest BCUT2D eigenvalue weighted by Gasteiger charge is 2.13. The molecule has 0 spiro atoms. The van der Waals surface area contributed by atoms with Crippen molar-refractivity contribution in [2.24, 2.45) is 4.99 Å². The van der Waals surface area contributed by atoms with Gasteiger partial charge in [0.2, 0.25) is 0 Å². The topological polar surface area (TPSA) is 58.1 Å². The molecule has 2 N–H and O–H groups in total. The molecule has 2 aliphatic rings. The molecule has 6 nitrogen and oxygen atoms in total. The van der Waals surface area contributed by atoms with Gasteiger partial charge in [0.25, 0.3) is 0 Å². The van der Waals surface area contributed by atoms with Crippen molar-refractivity contribution in [2.75, 3.05) is 46.5 Å². The number of aliphatic imine (C=N–C) groups is 1. The summed E-state index contributed by atoms with van der Waals surface area (Å²) >= 11 is 0. The van der Waals surface area contributed by atoms with Gasteiger partial charge in [-0.05, 0) is 18.9 Å². The Morgan fingerprint density at radius 2 is 2.00 bits per heavy atom. The van der Waals surface area contributed by atoms with Crippen LogP contribution in [-0.4, -0.2) is 63.4 Å². The normalized spacial score (nSPS) is 18.9. The lowest BCUT2D eigenvalue weighted by atomic mass is 10.2. The van der Waals surface area contributed by atoms with Crippen molar-refractivity contribution in [1.29, 1.82) is 0 Å². The van der Waals surface area contributed by atoms with E-state index in [1.165, 1.54) is 0 Å². The van der Waals surface area contributed by atoms with Crippen LogP contribution in [-0.2, 0) is 11.3 Å². The average Bonchev–Trinajstić information content (AvgIpc) is 3.20. The SMILES string of the molecule is CN=C(NCc1ccccc1OCCN1CCOCC1)NC1CC=CC1. The number of hydrogen-bond donors (Lipinski definition) is 2. The number of para-hydroxylation sites is 1. The van der Waals surface area contributed by atoms with Crippen molar-refractivity contribution in [2.45, 2.75) is 25.4 Å². The number of ether oxygens (including phenoxy) is 2. The maximum absolute atomic E-state index is 6.05. The van der Waals surface area contributed by atoms with Gasteiger partial charge in [-0.25, -0.2) is 0 Å². The molecule has 3 rings (SSSR count). The highest BCUT2D eigenvalue weighted by Crippen LogP contribution is 2.18. The molecule has 0 saturated carbocycles. The van der Waals surface area contributed by atoms with E-state index >= 15 is 0 Å². The summed E-state index contributed by atoms with van der Waals surface area (Å²) in [4.78, 5) is 6.71.